The molecule has 0 amide bonds. The van der Waals surface area contributed by atoms with E-state index in [1.54, 1.807) is 12.1 Å². The van der Waals surface area contributed by atoms with Gasteiger partial charge in [0.05, 0.1) is 9.95 Å². The van der Waals surface area contributed by atoms with Crippen LogP contribution in [0.4, 0.5) is 10.1 Å². The number of halogens is 2. The summed E-state index contributed by atoms with van der Waals surface area (Å²) >= 11 is 7.27. The van der Waals surface area contributed by atoms with Gasteiger partial charge < -0.3 is 0 Å². The van der Waals surface area contributed by atoms with Crippen molar-refractivity contribution in [2.75, 3.05) is 0 Å². The summed E-state index contributed by atoms with van der Waals surface area (Å²) in [5.74, 6) is 0.136. The molecule has 1 aromatic heterocycles. The molecule has 0 unspecified atom stereocenters. The van der Waals surface area contributed by atoms with Crippen molar-refractivity contribution < 1.29 is 9.31 Å². The fourth-order valence-corrected chi connectivity index (χ4v) is 2.52. The van der Waals surface area contributed by atoms with Crippen molar-refractivity contribution in [3.8, 4) is 0 Å². The lowest BCUT2D eigenvalue weighted by atomic mass is 10.2. The average molecular weight is 299 g/mol. The van der Waals surface area contributed by atoms with Crippen molar-refractivity contribution >= 4 is 29.1 Å². The Morgan fingerprint density at radius 1 is 1.37 bits per heavy atom. The summed E-state index contributed by atoms with van der Waals surface area (Å²) in [6, 6.07) is 7.16. The second-order valence-electron chi connectivity index (χ2n) is 3.64. The highest BCUT2D eigenvalue weighted by Crippen LogP contribution is 2.26. The van der Waals surface area contributed by atoms with E-state index >= 15 is 0 Å². The molecule has 2 rings (SSSR count). The lowest BCUT2D eigenvalue weighted by Gasteiger charge is -2.03. The van der Waals surface area contributed by atoms with Crippen LogP contribution in [0.2, 0.25) is 5.02 Å². The molecule has 1 heterocycles. The van der Waals surface area contributed by atoms with Gasteiger partial charge in [-0.3, -0.25) is 10.1 Å². The van der Waals surface area contributed by atoms with Gasteiger partial charge in [0.1, 0.15) is 12.0 Å². The Labute approximate surface area is 117 Å². The number of nitro groups is 1. The van der Waals surface area contributed by atoms with Crippen molar-refractivity contribution in [1.82, 2.24) is 4.98 Å². The van der Waals surface area contributed by atoms with Gasteiger partial charge in [-0.05, 0) is 23.8 Å². The Morgan fingerprint density at radius 3 is 2.74 bits per heavy atom. The number of pyridine rings is 1. The van der Waals surface area contributed by atoms with E-state index in [1.165, 1.54) is 36.2 Å². The summed E-state index contributed by atoms with van der Waals surface area (Å²) < 4.78 is 12.9. The first-order valence-electron chi connectivity index (χ1n) is 5.23. The molecule has 4 nitrogen and oxygen atoms in total. The maximum absolute atomic E-state index is 12.9. The maximum atomic E-state index is 12.9. The van der Waals surface area contributed by atoms with Crippen LogP contribution in [-0.2, 0) is 5.75 Å². The first-order valence-corrected chi connectivity index (χ1v) is 6.60. The molecular weight excluding hydrogens is 291 g/mol. The van der Waals surface area contributed by atoms with Crippen LogP contribution < -0.4 is 0 Å². The van der Waals surface area contributed by atoms with Crippen molar-refractivity contribution in [2.45, 2.75) is 10.8 Å². The van der Waals surface area contributed by atoms with Crippen LogP contribution in [0.15, 0.2) is 41.6 Å². The van der Waals surface area contributed by atoms with Crippen LogP contribution in [0, 0.1) is 15.9 Å². The molecule has 0 saturated carbocycles. The third kappa shape index (κ3) is 3.65. The van der Waals surface area contributed by atoms with E-state index in [1.807, 2.05) is 0 Å². The van der Waals surface area contributed by atoms with Gasteiger partial charge in [-0.25, -0.2) is 9.37 Å². The molecule has 0 atom stereocenters. The standard InChI is InChI=1S/C12H8ClFN2O2S/c13-11-5-9(14)2-1-8(11)7-19-12-4-3-10(6-15-12)16(17)18/h1-6H,7H2. The summed E-state index contributed by atoms with van der Waals surface area (Å²) in [7, 11) is 0. The number of rotatable bonds is 4. The largest absolute Gasteiger partial charge is 0.287 e. The average Bonchev–Trinajstić information content (AvgIpc) is 2.38. The molecular formula is C12H8ClFN2O2S. The molecule has 1 aromatic carbocycles. The first-order chi connectivity index (χ1) is 9.06. The monoisotopic (exact) mass is 298 g/mol. The van der Waals surface area contributed by atoms with Crippen LogP contribution >= 0.6 is 23.4 Å². The number of nitrogens with zero attached hydrogens (tertiary/aromatic N) is 2. The molecule has 2 aromatic rings. The minimum atomic E-state index is -0.502. The molecule has 98 valence electrons. The Balaban J connectivity index is 2.04. The van der Waals surface area contributed by atoms with Crippen LogP contribution in [0.5, 0.6) is 0 Å². The van der Waals surface area contributed by atoms with Crippen molar-refractivity contribution in [1.29, 1.82) is 0 Å². The van der Waals surface area contributed by atoms with Crippen LogP contribution in [0.3, 0.4) is 0 Å². The van der Waals surface area contributed by atoms with E-state index in [0.29, 0.717) is 15.8 Å². The summed E-state index contributed by atoms with van der Waals surface area (Å²) in [6.07, 6.45) is 1.20. The minimum absolute atomic E-state index is 0.0517. The zero-order valence-corrected chi connectivity index (χ0v) is 11.1. The predicted molar refractivity (Wildman–Crippen MR) is 71.9 cm³/mol. The Kier molecular flexibility index (Phi) is 4.34. The molecule has 19 heavy (non-hydrogen) atoms. The fourth-order valence-electron chi connectivity index (χ4n) is 1.36. The second kappa shape index (κ2) is 5.99. The Morgan fingerprint density at radius 2 is 2.16 bits per heavy atom. The quantitative estimate of drug-likeness (QED) is 0.485. The van der Waals surface area contributed by atoms with Crippen molar-refractivity contribution in [3.63, 3.8) is 0 Å². The highest BCUT2D eigenvalue weighted by Gasteiger charge is 2.07. The van der Waals surface area contributed by atoms with Gasteiger partial charge in [0.2, 0.25) is 0 Å². The van der Waals surface area contributed by atoms with E-state index in [-0.39, 0.29) is 11.5 Å². The molecule has 0 aliphatic carbocycles. The highest BCUT2D eigenvalue weighted by atomic mass is 35.5. The van der Waals surface area contributed by atoms with Gasteiger partial charge in [-0.15, -0.1) is 11.8 Å². The van der Waals surface area contributed by atoms with Crippen LogP contribution in [0.25, 0.3) is 0 Å². The highest BCUT2D eigenvalue weighted by molar-refractivity contribution is 7.98. The number of hydrogen-bond acceptors (Lipinski definition) is 4. The van der Waals surface area contributed by atoms with E-state index in [0.717, 1.165) is 5.56 Å². The molecule has 0 spiro atoms. The fraction of sp³-hybridized carbons (Fsp3) is 0.0833. The number of hydrogen-bond donors (Lipinski definition) is 0. The van der Waals surface area contributed by atoms with E-state index in [2.05, 4.69) is 4.98 Å². The third-order valence-corrected chi connectivity index (χ3v) is 3.67. The predicted octanol–water partition coefficient (Wildman–Crippen LogP) is 4.07. The Hall–Kier alpha value is -1.66. The molecule has 0 radical (unpaired) electrons. The topological polar surface area (TPSA) is 56.0 Å². The van der Waals surface area contributed by atoms with Gasteiger partial charge in [-0.2, -0.15) is 0 Å². The summed E-state index contributed by atoms with van der Waals surface area (Å²) in [4.78, 5) is 13.9. The number of aromatic nitrogens is 1. The molecule has 0 bridgehead atoms. The SMILES string of the molecule is O=[N+]([O-])c1ccc(SCc2ccc(F)cc2Cl)nc1. The van der Waals surface area contributed by atoms with Gasteiger partial charge in [0.15, 0.2) is 0 Å². The van der Waals surface area contributed by atoms with E-state index in [4.69, 9.17) is 11.6 Å². The van der Waals surface area contributed by atoms with E-state index in [9.17, 15) is 14.5 Å². The van der Waals surface area contributed by atoms with Crippen molar-refractivity contribution in [2.24, 2.45) is 0 Å². The van der Waals surface area contributed by atoms with Gasteiger partial charge in [-0.1, -0.05) is 17.7 Å². The zero-order chi connectivity index (χ0) is 13.8. The molecule has 7 heteroatoms. The minimum Gasteiger partial charge on any atom is -0.258 e. The summed E-state index contributed by atoms with van der Waals surface area (Å²) in [5.41, 5.74) is 0.734. The maximum Gasteiger partial charge on any atom is 0.287 e. The number of benzene rings is 1. The zero-order valence-electron chi connectivity index (χ0n) is 9.55. The van der Waals surface area contributed by atoms with Crippen LogP contribution in [-0.4, -0.2) is 9.91 Å². The lowest BCUT2D eigenvalue weighted by molar-refractivity contribution is -0.385. The smallest absolute Gasteiger partial charge is 0.258 e. The third-order valence-electron chi connectivity index (χ3n) is 2.32. The molecule has 0 N–H and O–H groups in total. The van der Waals surface area contributed by atoms with Gasteiger partial charge in [0.25, 0.3) is 5.69 Å². The Bertz CT molecular complexity index is 607. The van der Waals surface area contributed by atoms with E-state index < -0.39 is 4.92 Å². The van der Waals surface area contributed by atoms with Crippen LogP contribution in [0.1, 0.15) is 5.56 Å². The molecule has 0 aliphatic heterocycles. The number of thioether (sulfide) groups is 1. The van der Waals surface area contributed by atoms with Gasteiger partial charge >= 0.3 is 0 Å². The summed E-state index contributed by atoms with van der Waals surface area (Å²) in [5, 5.41) is 11.5. The normalized spacial score (nSPS) is 10.4. The summed E-state index contributed by atoms with van der Waals surface area (Å²) in [6.45, 7) is 0. The van der Waals surface area contributed by atoms with Gasteiger partial charge in [0, 0.05) is 16.8 Å². The van der Waals surface area contributed by atoms with Crippen molar-refractivity contribution in [3.05, 3.63) is 63.0 Å². The molecule has 0 saturated heterocycles. The first kappa shape index (κ1) is 13.8. The lowest BCUT2D eigenvalue weighted by Crippen LogP contribution is -1.90. The second-order valence-corrected chi connectivity index (χ2v) is 5.04. The molecule has 0 fully saturated rings. The molecule has 0 aliphatic rings.